The molecule has 0 amide bonds. The maximum atomic E-state index is 13.1. The van der Waals surface area contributed by atoms with Crippen LogP contribution >= 0.6 is 0 Å². The summed E-state index contributed by atoms with van der Waals surface area (Å²) in [5, 5.41) is 89.8. The molecule has 5 saturated heterocycles. The predicted octanol–water partition coefficient (Wildman–Crippen LogP) is 0.337. The highest BCUT2D eigenvalue weighted by molar-refractivity contribution is 5.87. The monoisotopic (exact) mass is 1180 g/mol. The lowest BCUT2D eigenvalue weighted by Crippen LogP contribution is -2.78. The predicted molar refractivity (Wildman–Crippen MR) is 280 cm³/mol. The van der Waals surface area contributed by atoms with Crippen molar-refractivity contribution in [3.05, 3.63) is 11.6 Å². The molecule has 470 valence electrons. The number of carbonyl (C=O) groups excluding carboxylic acids is 2. The van der Waals surface area contributed by atoms with Crippen molar-refractivity contribution in [2.24, 2.45) is 16.7 Å². The molecule has 5 aliphatic heterocycles. The number of ether oxygens (including phenoxy) is 15. The minimum Gasteiger partial charge on any atom is -0.462 e. The third-order valence-corrected chi connectivity index (χ3v) is 20.6. The minimum atomic E-state index is -2.01. The van der Waals surface area contributed by atoms with Crippen molar-refractivity contribution in [1.29, 1.82) is 0 Å². The molecule has 9 rings (SSSR count). The number of hydrogen-bond acceptors (Lipinski definition) is 25. The fourth-order valence-corrected chi connectivity index (χ4v) is 15.8. The van der Waals surface area contributed by atoms with Gasteiger partial charge in [0, 0.05) is 60.5 Å². The first-order valence-corrected chi connectivity index (χ1v) is 29.2. The third kappa shape index (κ3) is 11.1. The number of aliphatic hydroxyl groups excluding tert-OH is 5. The molecule has 3 saturated carbocycles. The van der Waals surface area contributed by atoms with Crippen LogP contribution in [-0.4, -0.2) is 252 Å². The van der Waals surface area contributed by atoms with Gasteiger partial charge in [-0.2, -0.15) is 0 Å². The van der Waals surface area contributed by atoms with Crippen molar-refractivity contribution in [3.8, 4) is 0 Å². The Labute approximate surface area is 479 Å². The third-order valence-electron chi connectivity index (χ3n) is 20.6. The lowest BCUT2D eigenvalue weighted by molar-refractivity contribution is -0.374. The smallest absolute Gasteiger partial charge is 0.302 e. The van der Waals surface area contributed by atoms with Gasteiger partial charge in [0.25, 0.3) is 0 Å². The first-order chi connectivity index (χ1) is 38.7. The van der Waals surface area contributed by atoms with Gasteiger partial charge in [-0.1, -0.05) is 18.6 Å². The summed E-state index contributed by atoms with van der Waals surface area (Å²) in [6, 6.07) is 0. The number of Topliss-reactive ketones (excluding diaryl/α,β-unsaturated/α-hetero) is 1. The number of esters is 1. The zero-order chi connectivity index (χ0) is 59.8. The minimum absolute atomic E-state index is 0.0382. The van der Waals surface area contributed by atoms with E-state index in [1.807, 2.05) is 19.9 Å². The SMILES string of the molecule is CO[C@H]1[C@@H](O)[C@H](O[C@@H]2[C@@H](C)O[C@@H](O[C@@H]3[C@@H](C)O[C@@H](O[C@H]4[C@@H](OC)C[C@H](O[C@H]5CC[C@@]6(C)C(=CC[C@]7(O)[C@@H]6CC(OC(C)=O)[C@@]6(C)[C@]7(O)CC[C@]6(O)C(C)=O)C5)O[C@@H]4C)C[C@H]3OC)C[C@H]2OC)O[C@H](C)[C@H]1O[C@@H]1O[C@H](CO)[C@@H](O)[C@H](O)[C@H]1O. The number of methoxy groups -OCH3 is 4. The Bertz CT molecular complexity index is 2240. The van der Waals surface area contributed by atoms with Crippen molar-refractivity contribution in [3.63, 3.8) is 0 Å². The summed E-state index contributed by atoms with van der Waals surface area (Å²) in [6.07, 6.45) is -17.1. The van der Waals surface area contributed by atoms with Crippen LogP contribution in [0.2, 0.25) is 0 Å². The van der Waals surface area contributed by atoms with Gasteiger partial charge in [0.1, 0.15) is 83.9 Å². The number of fused-ring (bicyclic) bond motifs is 5. The van der Waals surface area contributed by atoms with Crippen LogP contribution in [-0.2, 0) is 80.6 Å². The molecule has 0 aromatic rings. The molecule has 4 aliphatic carbocycles. The van der Waals surface area contributed by atoms with Gasteiger partial charge in [-0.05, 0) is 91.9 Å². The highest BCUT2D eigenvalue weighted by Gasteiger charge is 2.81. The molecule has 8 N–H and O–H groups in total. The van der Waals surface area contributed by atoms with E-state index in [-0.39, 0.29) is 38.2 Å². The van der Waals surface area contributed by atoms with Crippen molar-refractivity contribution >= 4 is 11.8 Å². The van der Waals surface area contributed by atoms with Crippen LogP contribution in [0.25, 0.3) is 0 Å². The molecule has 30 atom stereocenters. The second-order valence-electron chi connectivity index (χ2n) is 25.0. The Morgan fingerprint density at radius 2 is 1.11 bits per heavy atom. The fourth-order valence-electron chi connectivity index (χ4n) is 15.8. The normalized spacial score (nSPS) is 52.4. The standard InChI is InChI=1S/C57H92O25/c1-25-46(33(68-9)20-39(72-25)77-32-14-15-53(7)31(19-32)13-16-56(66)37(53)23-38(76-30(6)60)54(8)55(65,29(5)59)17-18-57(54,56)67)79-40-21-34(69-10)47(26(2)73-40)80-41-22-35(70-11)48(27(3)74-41)81-52-45(64)50(71-12)49(28(4)75-52)82-51-44(63)43(62)42(61)36(24-58)78-51/h13,25-28,32-52,58,61-67H,14-24H2,1-12H3/t25-,26-,27-,28-,32+,33+,34-,35-,36-,37-,38?,39+,40+,41+,42-,43+,44-,45-,46-,47-,48-,49-,50+,51+,52+,53+,54-,55+,56+,57-/m1/s1. The molecule has 8 fully saturated rings. The number of ketones is 1. The summed E-state index contributed by atoms with van der Waals surface area (Å²) in [7, 11) is 6.10. The molecule has 5 heterocycles. The Morgan fingerprint density at radius 1 is 0.598 bits per heavy atom. The first kappa shape index (κ1) is 64.5. The molecule has 82 heavy (non-hydrogen) atoms. The molecule has 25 nitrogen and oxygen atoms in total. The van der Waals surface area contributed by atoms with Crippen molar-refractivity contribution in [2.45, 2.75) is 284 Å². The highest BCUT2D eigenvalue weighted by atomic mass is 16.8. The van der Waals surface area contributed by atoms with Gasteiger partial charge in [0.05, 0.1) is 60.9 Å². The molecule has 25 heteroatoms. The van der Waals surface area contributed by atoms with E-state index in [2.05, 4.69) is 6.92 Å². The maximum Gasteiger partial charge on any atom is 0.302 e. The van der Waals surface area contributed by atoms with Gasteiger partial charge in [0.2, 0.25) is 0 Å². The lowest BCUT2D eigenvalue weighted by Gasteiger charge is -2.67. The van der Waals surface area contributed by atoms with E-state index in [1.54, 1.807) is 35.0 Å². The van der Waals surface area contributed by atoms with Crippen molar-refractivity contribution < 1.29 is 121 Å². The Kier molecular flexibility index (Phi) is 19.6. The summed E-state index contributed by atoms with van der Waals surface area (Å²) >= 11 is 0. The highest BCUT2D eigenvalue weighted by Crippen LogP contribution is 2.71. The summed E-state index contributed by atoms with van der Waals surface area (Å²) < 4.78 is 93.0. The van der Waals surface area contributed by atoms with Gasteiger partial charge in [0.15, 0.2) is 37.2 Å². The summed E-state index contributed by atoms with van der Waals surface area (Å²) in [5.74, 6) is -1.70. The summed E-state index contributed by atoms with van der Waals surface area (Å²) in [5.41, 5.74) is -6.87. The van der Waals surface area contributed by atoms with E-state index in [4.69, 9.17) is 71.1 Å². The van der Waals surface area contributed by atoms with E-state index in [1.165, 1.54) is 28.1 Å². The molecule has 0 aromatic carbocycles. The van der Waals surface area contributed by atoms with Crippen LogP contribution in [0.5, 0.6) is 0 Å². The quantitative estimate of drug-likeness (QED) is 0.0719. The molecule has 9 aliphatic rings. The van der Waals surface area contributed by atoms with Gasteiger partial charge in [-0.3, -0.25) is 9.59 Å². The zero-order valence-corrected chi connectivity index (χ0v) is 49.3. The van der Waals surface area contributed by atoms with E-state index < -0.39 is 193 Å². The average molecular weight is 1180 g/mol. The Balaban J connectivity index is 0.774. The average Bonchev–Trinajstić information content (AvgIpc) is 3.91. The van der Waals surface area contributed by atoms with Crippen LogP contribution in [0, 0.1) is 16.7 Å². The molecule has 0 radical (unpaired) electrons. The van der Waals surface area contributed by atoms with Gasteiger partial charge >= 0.3 is 5.97 Å². The summed E-state index contributed by atoms with van der Waals surface area (Å²) in [4.78, 5) is 25.7. The van der Waals surface area contributed by atoms with Gasteiger partial charge < -0.3 is 112 Å². The summed E-state index contributed by atoms with van der Waals surface area (Å²) in [6.45, 7) is 12.8. The van der Waals surface area contributed by atoms with Crippen LogP contribution in [0.1, 0.15) is 120 Å². The number of aliphatic hydroxyl groups is 8. The van der Waals surface area contributed by atoms with E-state index in [0.29, 0.717) is 32.1 Å². The number of hydrogen-bond donors (Lipinski definition) is 8. The number of rotatable bonds is 17. The Hall–Kier alpha value is -2.00. The Morgan fingerprint density at radius 3 is 1.62 bits per heavy atom. The van der Waals surface area contributed by atoms with Crippen LogP contribution < -0.4 is 0 Å². The van der Waals surface area contributed by atoms with Crippen LogP contribution in [0.4, 0.5) is 0 Å². The van der Waals surface area contributed by atoms with Crippen molar-refractivity contribution in [1.82, 2.24) is 0 Å². The first-order valence-electron chi connectivity index (χ1n) is 29.2. The van der Waals surface area contributed by atoms with Crippen molar-refractivity contribution in [2.75, 3.05) is 35.0 Å². The second kappa shape index (κ2) is 24.9. The zero-order valence-electron chi connectivity index (χ0n) is 49.3. The van der Waals surface area contributed by atoms with E-state index in [0.717, 1.165) is 5.57 Å². The second-order valence-corrected chi connectivity index (χ2v) is 25.0. The number of carbonyl (C=O) groups is 2. The molecule has 0 spiro atoms. The fraction of sp³-hybridized carbons (Fsp3) is 0.930. The van der Waals surface area contributed by atoms with Crippen LogP contribution in [0.3, 0.4) is 0 Å². The molecule has 1 unspecified atom stereocenters. The topological polar surface area (TPSA) is 334 Å². The van der Waals surface area contributed by atoms with Gasteiger partial charge in [-0.25, -0.2) is 0 Å². The molecular formula is C57H92O25. The molecular weight excluding hydrogens is 1080 g/mol. The van der Waals surface area contributed by atoms with Gasteiger partial charge in [-0.15, -0.1) is 0 Å². The largest absolute Gasteiger partial charge is 0.462 e. The van der Waals surface area contributed by atoms with Crippen LogP contribution in [0.15, 0.2) is 11.6 Å². The van der Waals surface area contributed by atoms with E-state index in [9.17, 15) is 50.4 Å². The molecule has 0 bridgehead atoms. The lowest BCUT2D eigenvalue weighted by atomic mass is 9.42. The molecule has 0 aromatic heterocycles. The maximum absolute atomic E-state index is 13.1. The van der Waals surface area contributed by atoms with E-state index >= 15 is 0 Å².